The van der Waals surface area contributed by atoms with Gasteiger partial charge in [0.25, 0.3) is 0 Å². The third-order valence-electron chi connectivity index (χ3n) is 4.43. The number of ether oxygens (including phenoxy) is 1. The Labute approximate surface area is 175 Å². The van der Waals surface area contributed by atoms with Crippen LogP contribution in [0.5, 0.6) is 5.75 Å². The van der Waals surface area contributed by atoms with E-state index in [1.54, 1.807) is 6.20 Å². The van der Waals surface area contributed by atoms with Gasteiger partial charge >= 0.3 is 0 Å². The lowest BCUT2D eigenvalue weighted by Crippen LogP contribution is -2.14. The zero-order valence-electron chi connectivity index (χ0n) is 16.9. The molecule has 0 aliphatic rings. The number of aromatic nitrogens is 1. The van der Waals surface area contributed by atoms with Gasteiger partial charge in [-0.2, -0.15) is 0 Å². The second-order valence-electron chi connectivity index (χ2n) is 7.09. The summed E-state index contributed by atoms with van der Waals surface area (Å²) in [5.74, 6) is 2.58. The van der Waals surface area contributed by atoms with Gasteiger partial charge in [0.2, 0.25) is 0 Å². The van der Waals surface area contributed by atoms with E-state index >= 15 is 0 Å². The Kier molecular flexibility index (Phi) is 5.61. The predicted molar refractivity (Wildman–Crippen MR) is 120 cm³/mol. The highest BCUT2D eigenvalue weighted by Gasteiger charge is 2.14. The van der Waals surface area contributed by atoms with Gasteiger partial charge in [-0.1, -0.05) is 36.4 Å². The molecule has 30 heavy (non-hydrogen) atoms. The maximum atomic E-state index is 6.12. The summed E-state index contributed by atoms with van der Waals surface area (Å²) in [6.07, 6.45) is 1.69. The molecule has 4 rings (SSSR count). The second-order valence-corrected chi connectivity index (χ2v) is 7.09. The summed E-state index contributed by atoms with van der Waals surface area (Å²) >= 11 is 0. The van der Waals surface area contributed by atoms with Crippen LogP contribution in [0, 0.1) is 0 Å². The van der Waals surface area contributed by atoms with Gasteiger partial charge < -0.3 is 14.9 Å². The lowest BCUT2D eigenvalue weighted by atomic mass is 10.1. The minimum Gasteiger partial charge on any atom is -0.490 e. The van der Waals surface area contributed by atoms with Crippen molar-refractivity contribution in [3.63, 3.8) is 0 Å². The Bertz CT molecular complexity index is 1150. The van der Waals surface area contributed by atoms with E-state index in [-0.39, 0.29) is 6.10 Å². The van der Waals surface area contributed by atoms with E-state index in [0.29, 0.717) is 23.0 Å². The number of hydrogen-bond donors (Lipinski definition) is 1. The first-order valence-corrected chi connectivity index (χ1v) is 9.82. The fraction of sp³-hybridized carbons (Fsp3) is 0.120. The van der Waals surface area contributed by atoms with Crippen molar-refractivity contribution in [1.82, 2.24) is 4.98 Å². The molecule has 0 atom stereocenters. The van der Waals surface area contributed by atoms with Gasteiger partial charge in [-0.3, -0.25) is 4.98 Å². The Balaban J connectivity index is 1.70. The zero-order valence-corrected chi connectivity index (χ0v) is 16.9. The minimum absolute atomic E-state index is 0.000303. The molecule has 150 valence electrons. The topological polar surface area (TPSA) is 73.6 Å². The highest BCUT2D eigenvalue weighted by Crippen LogP contribution is 2.37. The van der Waals surface area contributed by atoms with Gasteiger partial charge in [0, 0.05) is 17.8 Å². The predicted octanol–water partition coefficient (Wildman–Crippen LogP) is 5.83. The van der Waals surface area contributed by atoms with Crippen molar-refractivity contribution in [3.05, 3.63) is 90.8 Å². The molecule has 0 aliphatic heterocycles. The van der Waals surface area contributed by atoms with E-state index < -0.39 is 0 Å². The first kappa shape index (κ1) is 19.5. The summed E-state index contributed by atoms with van der Waals surface area (Å²) < 4.78 is 12.2. The van der Waals surface area contributed by atoms with Crippen LogP contribution < -0.4 is 10.5 Å². The summed E-state index contributed by atoms with van der Waals surface area (Å²) in [6, 6.07) is 25.2. The molecule has 2 aromatic carbocycles. The lowest BCUT2D eigenvalue weighted by molar-refractivity contribution is 0.243. The monoisotopic (exact) mass is 397 g/mol. The SMILES string of the molecule is CC(C)Oc1cc(N=C(N)c2ccccn2)ccc1-c1ccc(-c2ccccc2)o1. The Morgan fingerprint density at radius 2 is 1.70 bits per heavy atom. The van der Waals surface area contributed by atoms with Crippen molar-refractivity contribution < 1.29 is 9.15 Å². The molecule has 0 radical (unpaired) electrons. The quantitative estimate of drug-likeness (QED) is 0.328. The van der Waals surface area contributed by atoms with Crippen molar-refractivity contribution in [1.29, 1.82) is 0 Å². The molecule has 0 bridgehead atoms. The molecular formula is C25H23N3O2. The van der Waals surface area contributed by atoms with Gasteiger partial charge in [0.15, 0.2) is 0 Å². The molecule has 2 aromatic heterocycles. The first-order chi connectivity index (χ1) is 14.6. The van der Waals surface area contributed by atoms with Crippen molar-refractivity contribution >= 4 is 11.5 Å². The number of hydrogen-bond acceptors (Lipinski definition) is 4. The molecule has 0 saturated carbocycles. The molecular weight excluding hydrogens is 374 g/mol. The molecule has 2 N–H and O–H groups in total. The van der Waals surface area contributed by atoms with Gasteiger partial charge in [-0.25, -0.2) is 4.99 Å². The summed E-state index contributed by atoms with van der Waals surface area (Å²) in [5.41, 5.74) is 9.33. The Morgan fingerprint density at radius 3 is 2.43 bits per heavy atom. The molecule has 0 amide bonds. The second kappa shape index (κ2) is 8.66. The zero-order chi connectivity index (χ0) is 20.9. The van der Waals surface area contributed by atoms with Crippen LogP contribution in [-0.2, 0) is 0 Å². The summed E-state index contributed by atoms with van der Waals surface area (Å²) in [6.45, 7) is 3.97. The maximum absolute atomic E-state index is 6.12. The molecule has 2 heterocycles. The van der Waals surface area contributed by atoms with Crippen LogP contribution in [0.15, 0.2) is 94.5 Å². The van der Waals surface area contributed by atoms with E-state index in [9.17, 15) is 0 Å². The van der Waals surface area contributed by atoms with Crippen LogP contribution in [-0.4, -0.2) is 16.9 Å². The average Bonchev–Trinajstić information content (AvgIpc) is 3.25. The third kappa shape index (κ3) is 4.41. The fourth-order valence-electron chi connectivity index (χ4n) is 3.09. The van der Waals surface area contributed by atoms with Gasteiger partial charge in [-0.05, 0) is 50.2 Å². The van der Waals surface area contributed by atoms with Crippen molar-refractivity contribution in [3.8, 4) is 28.4 Å². The lowest BCUT2D eigenvalue weighted by Gasteiger charge is -2.14. The van der Waals surface area contributed by atoms with E-state index in [0.717, 1.165) is 22.6 Å². The van der Waals surface area contributed by atoms with Crippen LogP contribution in [0.1, 0.15) is 19.5 Å². The van der Waals surface area contributed by atoms with Crippen molar-refractivity contribution in [2.45, 2.75) is 20.0 Å². The molecule has 0 fully saturated rings. The molecule has 0 saturated heterocycles. The van der Waals surface area contributed by atoms with E-state index in [1.807, 2.05) is 92.7 Å². The van der Waals surface area contributed by atoms with Crippen LogP contribution in [0.2, 0.25) is 0 Å². The van der Waals surface area contributed by atoms with E-state index in [4.69, 9.17) is 14.9 Å². The molecule has 0 unspecified atom stereocenters. The third-order valence-corrected chi connectivity index (χ3v) is 4.43. The highest BCUT2D eigenvalue weighted by atomic mass is 16.5. The number of aliphatic imine (C=N–C) groups is 1. The smallest absolute Gasteiger partial charge is 0.150 e. The average molecular weight is 397 g/mol. The fourth-order valence-corrected chi connectivity index (χ4v) is 3.09. The molecule has 5 heteroatoms. The number of pyridine rings is 1. The van der Waals surface area contributed by atoms with Crippen LogP contribution in [0.4, 0.5) is 5.69 Å². The van der Waals surface area contributed by atoms with Crippen LogP contribution >= 0.6 is 0 Å². The van der Waals surface area contributed by atoms with Crippen LogP contribution in [0.3, 0.4) is 0 Å². The van der Waals surface area contributed by atoms with Crippen LogP contribution in [0.25, 0.3) is 22.6 Å². The number of amidine groups is 1. The molecule has 5 nitrogen and oxygen atoms in total. The first-order valence-electron chi connectivity index (χ1n) is 9.82. The Hall–Kier alpha value is -3.86. The number of furan rings is 1. The molecule has 0 aliphatic carbocycles. The standard InChI is InChI=1S/C25H23N3O2/c1-17(2)29-24-16-19(28-25(26)21-10-6-7-15-27-21)11-12-20(24)23-14-13-22(30-23)18-8-4-3-5-9-18/h3-17H,1-2H3,(H2,26,28). The highest BCUT2D eigenvalue weighted by molar-refractivity contribution is 5.97. The van der Waals surface area contributed by atoms with Gasteiger partial charge in [0.1, 0.15) is 28.8 Å². The van der Waals surface area contributed by atoms with Gasteiger partial charge in [0.05, 0.1) is 17.4 Å². The largest absolute Gasteiger partial charge is 0.490 e. The van der Waals surface area contributed by atoms with Gasteiger partial charge in [-0.15, -0.1) is 0 Å². The summed E-state index contributed by atoms with van der Waals surface area (Å²) in [4.78, 5) is 8.75. The minimum atomic E-state index is -0.000303. The number of nitrogens with two attached hydrogens (primary N) is 1. The number of rotatable bonds is 6. The number of benzene rings is 2. The number of nitrogens with zero attached hydrogens (tertiary/aromatic N) is 2. The normalized spacial score (nSPS) is 11.6. The van der Waals surface area contributed by atoms with E-state index in [2.05, 4.69) is 9.98 Å². The summed E-state index contributed by atoms with van der Waals surface area (Å²) in [5, 5.41) is 0. The van der Waals surface area contributed by atoms with E-state index in [1.165, 1.54) is 0 Å². The summed E-state index contributed by atoms with van der Waals surface area (Å²) in [7, 11) is 0. The maximum Gasteiger partial charge on any atom is 0.150 e. The molecule has 0 spiro atoms. The van der Waals surface area contributed by atoms with Crippen molar-refractivity contribution in [2.75, 3.05) is 0 Å². The Morgan fingerprint density at radius 1 is 0.933 bits per heavy atom. The van der Waals surface area contributed by atoms with Crippen molar-refractivity contribution in [2.24, 2.45) is 10.7 Å². The molecule has 4 aromatic rings.